The third kappa shape index (κ3) is 3.63. The highest BCUT2D eigenvalue weighted by Crippen LogP contribution is 2.33. The van der Waals surface area contributed by atoms with Gasteiger partial charge in [0.15, 0.2) is 5.16 Å². The van der Waals surface area contributed by atoms with E-state index < -0.39 is 17.6 Å². The lowest BCUT2D eigenvalue weighted by molar-refractivity contribution is 0.543. The number of hydrogen-bond donors (Lipinski definition) is 1. The summed E-state index contributed by atoms with van der Waals surface area (Å²) >= 11 is 1.55. The summed E-state index contributed by atoms with van der Waals surface area (Å²) in [5.74, 6) is -1.87. The Labute approximate surface area is 137 Å². The molecule has 1 N–H and O–H groups in total. The summed E-state index contributed by atoms with van der Waals surface area (Å²) in [6.45, 7) is 1.66. The first kappa shape index (κ1) is 16.2. The zero-order valence-electron chi connectivity index (χ0n) is 12.8. The fraction of sp³-hybridized carbons (Fsp3) is 0.412. The number of aromatic amines is 1. The monoisotopic (exact) mass is 336 g/mol. The number of benzene rings is 1. The Morgan fingerprint density at radius 2 is 1.91 bits per heavy atom. The molecule has 2 aromatic rings. The van der Waals surface area contributed by atoms with Gasteiger partial charge in [-0.2, -0.15) is 0 Å². The van der Waals surface area contributed by atoms with Gasteiger partial charge in [-0.1, -0.05) is 37.6 Å². The molecule has 1 aromatic heterocycles. The molecule has 1 fully saturated rings. The van der Waals surface area contributed by atoms with Crippen molar-refractivity contribution >= 4 is 11.8 Å². The lowest BCUT2D eigenvalue weighted by atomic mass is 9.96. The topological polar surface area (TPSA) is 45.8 Å². The molecule has 6 heteroatoms. The molecule has 3 rings (SSSR count). The van der Waals surface area contributed by atoms with Crippen molar-refractivity contribution in [2.45, 2.75) is 48.9 Å². The molecule has 0 saturated heterocycles. The van der Waals surface area contributed by atoms with Gasteiger partial charge in [-0.05, 0) is 25.0 Å². The first-order valence-electron chi connectivity index (χ1n) is 7.76. The first-order chi connectivity index (χ1) is 11.0. The molecule has 0 bridgehead atoms. The van der Waals surface area contributed by atoms with Gasteiger partial charge in [-0.15, -0.1) is 0 Å². The molecular formula is C17H18F2N2OS. The Bertz CT molecular complexity index is 736. The van der Waals surface area contributed by atoms with Crippen molar-refractivity contribution in [3.63, 3.8) is 0 Å². The first-order valence-corrected chi connectivity index (χ1v) is 8.64. The predicted molar refractivity (Wildman–Crippen MR) is 86.8 cm³/mol. The van der Waals surface area contributed by atoms with Crippen LogP contribution < -0.4 is 5.56 Å². The highest BCUT2D eigenvalue weighted by atomic mass is 32.2. The third-order valence-corrected chi connectivity index (χ3v) is 5.42. The normalized spacial score (nSPS) is 16.7. The Hall–Kier alpha value is -1.69. The van der Waals surface area contributed by atoms with Crippen molar-refractivity contribution in [1.82, 2.24) is 9.97 Å². The summed E-state index contributed by atoms with van der Waals surface area (Å²) in [4.78, 5) is 19.0. The van der Waals surface area contributed by atoms with Gasteiger partial charge in [0.1, 0.15) is 11.6 Å². The molecular weight excluding hydrogens is 318 g/mol. The highest BCUT2D eigenvalue weighted by Gasteiger charge is 2.22. The third-order valence-electron chi connectivity index (χ3n) is 4.20. The molecule has 23 heavy (non-hydrogen) atoms. The smallest absolute Gasteiger partial charge is 0.251 e. The average Bonchev–Trinajstić information content (AvgIpc) is 2.99. The SMILES string of the molecule is C[C@@H](c1cc(=O)[nH]c(SC2CCCC2)n1)c1c(F)cccc1F. The number of thioether (sulfide) groups is 1. The minimum Gasteiger partial charge on any atom is -0.301 e. The Morgan fingerprint density at radius 3 is 2.57 bits per heavy atom. The van der Waals surface area contributed by atoms with Crippen molar-refractivity contribution in [1.29, 1.82) is 0 Å². The quantitative estimate of drug-likeness (QED) is 0.850. The van der Waals surface area contributed by atoms with Crippen LogP contribution in [-0.4, -0.2) is 15.2 Å². The summed E-state index contributed by atoms with van der Waals surface area (Å²) in [6, 6.07) is 5.08. The zero-order valence-corrected chi connectivity index (χ0v) is 13.6. The molecule has 1 heterocycles. The minimum atomic E-state index is -0.624. The second-order valence-electron chi connectivity index (χ2n) is 5.86. The molecule has 122 valence electrons. The van der Waals surface area contributed by atoms with E-state index in [1.54, 1.807) is 18.7 Å². The largest absolute Gasteiger partial charge is 0.301 e. The lowest BCUT2D eigenvalue weighted by Crippen LogP contribution is -2.14. The van der Waals surface area contributed by atoms with Gasteiger partial charge in [0.25, 0.3) is 5.56 Å². The number of halogens is 2. The van der Waals surface area contributed by atoms with E-state index in [1.807, 2.05) is 0 Å². The van der Waals surface area contributed by atoms with Gasteiger partial charge in [0, 0.05) is 22.8 Å². The Balaban J connectivity index is 1.92. The number of nitrogens with one attached hydrogen (secondary N) is 1. The maximum atomic E-state index is 14.0. The number of nitrogens with zero attached hydrogens (tertiary/aromatic N) is 1. The summed E-state index contributed by atoms with van der Waals surface area (Å²) in [6.07, 6.45) is 4.60. The second kappa shape index (κ2) is 6.83. The van der Waals surface area contributed by atoms with E-state index in [2.05, 4.69) is 9.97 Å². The minimum absolute atomic E-state index is 0.0533. The summed E-state index contributed by atoms with van der Waals surface area (Å²) in [5.41, 5.74) is 0.0414. The fourth-order valence-corrected chi connectivity index (χ4v) is 4.17. The van der Waals surface area contributed by atoms with Gasteiger partial charge < -0.3 is 4.98 Å². The maximum absolute atomic E-state index is 14.0. The van der Waals surface area contributed by atoms with E-state index in [0.717, 1.165) is 12.8 Å². The Kier molecular flexibility index (Phi) is 4.80. The van der Waals surface area contributed by atoms with Gasteiger partial charge >= 0.3 is 0 Å². The molecule has 0 radical (unpaired) electrons. The molecule has 1 saturated carbocycles. The molecule has 0 spiro atoms. The zero-order chi connectivity index (χ0) is 16.4. The van der Waals surface area contributed by atoms with Crippen LogP contribution in [0.5, 0.6) is 0 Å². The van der Waals surface area contributed by atoms with Crippen molar-refractivity contribution in [3.8, 4) is 0 Å². The van der Waals surface area contributed by atoms with Crippen LogP contribution in [0.4, 0.5) is 8.78 Å². The summed E-state index contributed by atoms with van der Waals surface area (Å²) < 4.78 is 27.9. The van der Waals surface area contributed by atoms with E-state index in [-0.39, 0.29) is 11.1 Å². The molecule has 0 unspecified atom stereocenters. The van der Waals surface area contributed by atoms with Gasteiger partial charge in [-0.3, -0.25) is 4.79 Å². The van der Waals surface area contributed by atoms with Crippen LogP contribution in [0, 0.1) is 11.6 Å². The standard InChI is InChI=1S/C17H18F2N2OS/c1-10(16-12(18)7-4-8-13(16)19)14-9-15(22)21-17(20-14)23-11-5-2-3-6-11/h4,7-11H,2-3,5-6H2,1H3,(H,20,21,22)/t10-/m0/s1. The van der Waals surface area contributed by atoms with Crippen molar-refractivity contribution < 1.29 is 8.78 Å². The van der Waals surface area contributed by atoms with E-state index in [0.29, 0.717) is 16.1 Å². The van der Waals surface area contributed by atoms with Crippen LogP contribution in [0.25, 0.3) is 0 Å². The lowest BCUT2D eigenvalue weighted by Gasteiger charge is -2.15. The molecule has 1 aliphatic rings. The average molecular weight is 336 g/mol. The van der Waals surface area contributed by atoms with Gasteiger partial charge in [-0.25, -0.2) is 13.8 Å². The molecule has 3 nitrogen and oxygen atoms in total. The van der Waals surface area contributed by atoms with Crippen LogP contribution in [0.3, 0.4) is 0 Å². The molecule has 0 amide bonds. The Morgan fingerprint density at radius 1 is 1.26 bits per heavy atom. The van der Waals surface area contributed by atoms with Crippen LogP contribution in [0.1, 0.15) is 49.8 Å². The number of hydrogen-bond acceptors (Lipinski definition) is 3. The highest BCUT2D eigenvalue weighted by molar-refractivity contribution is 7.99. The molecule has 1 aromatic carbocycles. The van der Waals surface area contributed by atoms with Crippen molar-refractivity contribution in [3.05, 3.63) is 57.5 Å². The van der Waals surface area contributed by atoms with E-state index in [4.69, 9.17) is 0 Å². The number of aromatic nitrogens is 2. The van der Waals surface area contributed by atoms with Crippen molar-refractivity contribution in [2.75, 3.05) is 0 Å². The predicted octanol–water partition coefficient (Wildman–Crippen LogP) is 4.23. The van der Waals surface area contributed by atoms with E-state index >= 15 is 0 Å². The second-order valence-corrected chi connectivity index (χ2v) is 7.15. The van der Waals surface area contributed by atoms with Crippen LogP contribution >= 0.6 is 11.8 Å². The molecule has 1 atom stereocenters. The summed E-state index contributed by atoms with van der Waals surface area (Å²) in [7, 11) is 0. The van der Waals surface area contributed by atoms with Crippen LogP contribution in [0.15, 0.2) is 34.2 Å². The van der Waals surface area contributed by atoms with Gasteiger partial charge in [0.2, 0.25) is 0 Å². The van der Waals surface area contributed by atoms with Gasteiger partial charge in [0.05, 0.1) is 5.69 Å². The molecule has 0 aliphatic heterocycles. The summed E-state index contributed by atoms with van der Waals surface area (Å²) in [5, 5.41) is 0.983. The maximum Gasteiger partial charge on any atom is 0.251 e. The number of rotatable bonds is 4. The van der Waals surface area contributed by atoms with E-state index in [9.17, 15) is 13.6 Å². The van der Waals surface area contributed by atoms with Crippen LogP contribution in [0.2, 0.25) is 0 Å². The number of H-pyrrole nitrogens is 1. The van der Waals surface area contributed by atoms with E-state index in [1.165, 1.54) is 37.1 Å². The fourth-order valence-electron chi connectivity index (χ4n) is 2.97. The molecule has 1 aliphatic carbocycles. The van der Waals surface area contributed by atoms with Crippen molar-refractivity contribution in [2.24, 2.45) is 0 Å². The van der Waals surface area contributed by atoms with Crippen LogP contribution in [-0.2, 0) is 0 Å².